The number of ether oxygens (including phenoxy) is 1. The van der Waals surface area contributed by atoms with Crippen LogP contribution in [0.3, 0.4) is 0 Å². The fourth-order valence-corrected chi connectivity index (χ4v) is 1.40. The van der Waals surface area contributed by atoms with Gasteiger partial charge in [-0.1, -0.05) is 41.0 Å². The monoisotopic (exact) mass is 215 g/mol. The van der Waals surface area contributed by atoms with Crippen LogP contribution in [0.25, 0.3) is 0 Å². The van der Waals surface area contributed by atoms with Gasteiger partial charge in [-0.25, -0.2) is 0 Å². The van der Waals surface area contributed by atoms with Crippen molar-refractivity contribution in [3.63, 3.8) is 0 Å². The summed E-state index contributed by atoms with van der Waals surface area (Å²) in [5, 5.41) is 3.36. The lowest BCUT2D eigenvalue weighted by Crippen LogP contribution is -2.29. The lowest BCUT2D eigenvalue weighted by Gasteiger charge is -2.22. The summed E-state index contributed by atoms with van der Waals surface area (Å²) in [7, 11) is 0. The molecule has 0 fully saturated rings. The van der Waals surface area contributed by atoms with Gasteiger partial charge in [-0.15, -0.1) is 0 Å². The van der Waals surface area contributed by atoms with E-state index in [2.05, 4.69) is 39.9 Å². The first-order chi connectivity index (χ1) is 6.99. The SMILES string of the molecule is CCCC(CNCC)OCCC(C)(C)C. The summed E-state index contributed by atoms with van der Waals surface area (Å²) in [6, 6.07) is 0. The summed E-state index contributed by atoms with van der Waals surface area (Å²) in [6.45, 7) is 14.0. The molecule has 0 radical (unpaired) electrons. The predicted octanol–water partition coefficient (Wildman–Crippen LogP) is 3.22. The molecule has 0 aliphatic rings. The highest BCUT2D eigenvalue weighted by molar-refractivity contribution is 4.64. The van der Waals surface area contributed by atoms with Gasteiger partial charge in [0.1, 0.15) is 0 Å². The Morgan fingerprint density at radius 1 is 1.20 bits per heavy atom. The Kier molecular flexibility index (Phi) is 8.07. The smallest absolute Gasteiger partial charge is 0.0699 e. The number of nitrogens with one attached hydrogen (secondary N) is 1. The van der Waals surface area contributed by atoms with Crippen LogP contribution >= 0.6 is 0 Å². The minimum atomic E-state index is 0.384. The van der Waals surface area contributed by atoms with Crippen molar-refractivity contribution in [2.24, 2.45) is 5.41 Å². The van der Waals surface area contributed by atoms with Gasteiger partial charge < -0.3 is 10.1 Å². The van der Waals surface area contributed by atoms with Crippen molar-refractivity contribution >= 4 is 0 Å². The van der Waals surface area contributed by atoms with E-state index < -0.39 is 0 Å². The quantitative estimate of drug-likeness (QED) is 0.671. The maximum absolute atomic E-state index is 5.90. The largest absolute Gasteiger partial charge is 0.377 e. The molecular weight excluding hydrogens is 186 g/mol. The normalized spacial score (nSPS) is 14.2. The third-order valence-electron chi connectivity index (χ3n) is 2.44. The molecule has 0 spiro atoms. The molecule has 1 unspecified atom stereocenters. The van der Waals surface area contributed by atoms with E-state index in [0.717, 1.165) is 32.5 Å². The fraction of sp³-hybridized carbons (Fsp3) is 1.00. The second kappa shape index (κ2) is 8.12. The first kappa shape index (κ1) is 14.9. The molecule has 0 bridgehead atoms. The average molecular weight is 215 g/mol. The first-order valence-corrected chi connectivity index (χ1v) is 6.32. The molecule has 0 saturated carbocycles. The number of hydrogen-bond donors (Lipinski definition) is 1. The second-order valence-corrected chi connectivity index (χ2v) is 5.40. The van der Waals surface area contributed by atoms with Crippen LogP contribution in [0.1, 0.15) is 53.9 Å². The molecule has 0 aliphatic heterocycles. The van der Waals surface area contributed by atoms with Crippen molar-refractivity contribution in [1.29, 1.82) is 0 Å². The van der Waals surface area contributed by atoms with Crippen molar-refractivity contribution in [3.05, 3.63) is 0 Å². The molecule has 0 aromatic rings. The second-order valence-electron chi connectivity index (χ2n) is 5.40. The summed E-state index contributed by atoms with van der Waals surface area (Å²) in [5.41, 5.74) is 0.384. The van der Waals surface area contributed by atoms with Gasteiger partial charge in [0.25, 0.3) is 0 Å². The Labute approximate surface area is 95.8 Å². The van der Waals surface area contributed by atoms with E-state index in [-0.39, 0.29) is 0 Å². The Balaban J connectivity index is 3.65. The van der Waals surface area contributed by atoms with Crippen LogP contribution in [-0.4, -0.2) is 25.8 Å². The topological polar surface area (TPSA) is 21.3 Å². The highest BCUT2D eigenvalue weighted by atomic mass is 16.5. The van der Waals surface area contributed by atoms with E-state index in [9.17, 15) is 0 Å². The zero-order valence-corrected chi connectivity index (χ0v) is 11.2. The van der Waals surface area contributed by atoms with Crippen LogP contribution in [0.2, 0.25) is 0 Å². The van der Waals surface area contributed by atoms with E-state index in [0.29, 0.717) is 11.5 Å². The van der Waals surface area contributed by atoms with Crippen molar-refractivity contribution in [1.82, 2.24) is 5.32 Å². The molecule has 2 nitrogen and oxygen atoms in total. The predicted molar refractivity (Wildman–Crippen MR) is 67.3 cm³/mol. The molecule has 0 heterocycles. The van der Waals surface area contributed by atoms with Crippen molar-refractivity contribution in [2.75, 3.05) is 19.7 Å². The van der Waals surface area contributed by atoms with Gasteiger partial charge in [0.15, 0.2) is 0 Å². The lowest BCUT2D eigenvalue weighted by molar-refractivity contribution is 0.0328. The molecule has 15 heavy (non-hydrogen) atoms. The molecule has 0 rings (SSSR count). The number of rotatable bonds is 8. The van der Waals surface area contributed by atoms with Crippen LogP contribution in [0.15, 0.2) is 0 Å². The van der Waals surface area contributed by atoms with Gasteiger partial charge in [-0.05, 0) is 24.8 Å². The van der Waals surface area contributed by atoms with Crippen LogP contribution in [0, 0.1) is 5.41 Å². The zero-order valence-electron chi connectivity index (χ0n) is 11.2. The Morgan fingerprint density at radius 3 is 2.33 bits per heavy atom. The van der Waals surface area contributed by atoms with Gasteiger partial charge in [0.05, 0.1) is 6.10 Å². The highest BCUT2D eigenvalue weighted by Crippen LogP contribution is 2.18. The van der Waals surface area contributed by atoms with E-state index in [1.54, 1.807) is 0 Å². The van der Waals surface area contributed by atoms with Crippen LogP contribution < -0.4 is 5.32 Å². The molecule has 0 aliphatic carbocycles. The summed E-state index contributed by atoms with van der Waals surface area (Å²) in [5.74, 6) is 0. The average Bonchev–Trinajstić information content (AvgIpc) is 2.12. The van der Waals surface area contributed by atoms with E-state index >= 15 is 0 Å². The van der Waals surface area contributed by atoms with Crippen molar-refractivity contribution < 1.29 is 4.74 Å². The molecule has 0 saturated heterocycles. The maximum Gasteiger partial charge on any atom is 0.0699 e. The Morgan fingerprint density at radius 2 is 1.87 bits per heavy atom. The fourth-order valence-electron chi connectivity index (χ4n) is 1.40. The molecule has 0 aromatic heterocycles. The highest BCUT2D eigenvalue weighted by Gasteiger charge is 2.12. The van der Waals surface area contributed by atoms with Gasteiger partial charge in [-0.3, -0.25) is 0 Å². The summed E-state index contributed by atoms with van der Waals surface area (Å²) in [6.07, 6.45) is 3.90. The van der Waals surface area contributed by atoms with Crippen molar-refractivity contribution in [2.45, 2.75) is 60.0 Å². The molecular formula is C13H29NO. The standard InChI is InChI=1S/C13H29NO/c1-6-8-12(11-14-7-2)15-10-9-13(3,4)5/h12,14H,6-11H2,1-5H3. The molecule has 0 aromatic carbocycles. The zero-order chi connectivity index (χ0) is 11.7. The third kappa shape index (κ3) is 10.2. The molecule has 2 heteroatoms. The van der Waals surface area contributed by atoms with Gasteiger partial charge in [-0.2, -0.15) is 0 Å². The lowest BCUT2D eigenvalue weighted by atomic mass is 9.93. The maximum atomic E-state index is 5.90. The number of likely N-dealkylation sites (N-methyl/N-ethyl adjacent to an activating group) is 1. The third-order valence-corrected chi connectivity index (χ3v) is 2.44. The van der Waals surface area contributed by atoms with E-state index in [1.165, 1.54) is 6.42 Å². The molecule has 1 N–H and O–H groups in total. The number of hydrogen-bond acceptors (Lipinski definition) is 2. The van der Waals surface area contributed by atoms with E-state index in [1.807, 2.05) is 0 Å². The molecule has 1 atom stereocenters. The Bertz CT molecular complexity index is 140. The van der Waals surface area contributed by atoms with Gasteiger partial charge >= 0.3 is 0 Å². The minimum absolute atomic E-state index is 0.384. The Hall–Kier alpha value is -0.0800. The molecule has 0 amide bonds. The van der Waals surface area contributed by atoms with Crippen LogP contribution in [-0.2, 0) is 4.74 Å². The minimum Gasteiger partial charge on any atom is -0.377 e. The van der Waals surface area contributed by atoms with Gasteiger partial charge in [0, 0.05) is 13.2 Å². The van der Waals surface area contributed by atoms with Crippen molar-refractivity contribution in [3.8, 4) is 0 Å². The van der Waals surface area contributed by atoms with Gasteiger partial charge in [0.2, 0.25) is 0 Å². The van der Waals surface area contributed by atoms with Crippen LogP contribution in [0.4, 0.5) is 0 Å². The van der Waals surface area contributed by atoms with E-state index in [4.69, 9.17) is 4.74 Å². The molecule has 92 valence electrons. The summed E-state index contributed by atoms with van der Waals surface area (Å²) < 4.78 is 5.90. The van der Waals surface area contributed by atoms with Crippen LogP contribution in [0.5, 0.6) is 0 Å². The summed E-state index contributed by atoms with van der Waals surface area (Å²) in [4.78, 5) is 0. The summed E-state index contributed by atoms with van der Waals surface area (Å²) >= 11 is 0. The first-order valence-electron chi connectivity index (χ1n) is 6.32.